The maximum Gasteiger partial charge on any atom is 0.343 e. The van der Waals surface area contributed by atoms with Gasteiger partial charge in [0.15, 0.2) is 0 Å². The van der Waals surface area contributed by atoms with Crippen LogP contribution in [0.3, 0.4) is 0 Å². The molecule has 0 aliphatic heterocycles. The first-order valence-corrected chi connectivity index (χ1v) is 12.9. The summed E-state index contributed by atoms with van der Waals surface area (Å²) in [6, 6.07) is 23.1. The van der Waals surface area contributed by atoms with E-state index < -0.39 is 0 Å². The van der Waals surface area contributed by atoms with Crippen LogP contribution in [0.15, 0.2) is 72.8 Å². The van der Waals surface area contributed by atoms with E-state index >= 15 is 0 Å². The lowest BCUT2D eigenvalue weighted by Crippen LogP contribution is -2.08. The van der Waals surface area contributed by atoms with Gasteiger partial charge < -0.3 is 14.2 Å². The number of hydrogen-bond donors (Lipinski definition) is 0. The van der Waals surface area contributed by atoms with E-state index in [9.17, 15) is 4.79 Å². The minimum Gasteiger partial charge on any atom is -0.494 e. The van der Waals surface area contributed by atoms with Crippen molar-refractivity contribution < 1.29 is 19.0 Å². The second-order valence-corrected chi connectivity index (χ2v) is 8.84. The zero-order chi connectivity index (χ0) is 24.9. The maximum atomic E-state index is 12.6. The number of carbonyl (C=O) groups is 1. The van der Waals surface area contributed by atoms with Gasteiger partial charge in [-0.3, -0.25) is 0 Å². The van der Waals surface area contributed by atoms with Crippen LogP contribution < -0.4 is 9.47 Å². The van der Waals surface area contributed by atoms with E-state index in [-0.39, 0.29) is 12.1 Å². The maximum absolute atomic E-state index is 12.6. The Morgan fingerprint density at radius 1 is 0.686 bits per heavy atom. The summed E-state index contributed by atoms with van der Waals surface area (Å²) < 4.78 is 17.2. The largest absolute Gasteiger partial charge is 0.494 e. The fourth-order valence-corrected chi connectivity index (χ4v) is 3.73. The van der Waals surface area contributed by atoms with E-state index in [1.54, 1.807) is 12.1 Å². The van der Waals surface area contributed by atoms with Crippen molar-refractivity contribution in [3.8, 4) is 22.6 Å². The molecule has 0 N–H and O–H groups in total. The fraction of sp³-hybridized carbons (Fsp3) is 0.387. The van der Waals surface area contributed by atoms with Crippen LogP contribution in [-0.4, -0.2) is 19.2 Å². The highest BCUT2D eigenvalue weighted by atomic mass is 16.5. The average molecular weight is 475 g/mol. The molecule has 1 atom stereocenters. The number of esters is 1. The van der Waals surface area contributed by atoms with E-state index in [2.05, 4.69) is 13.8 Å². The molecule has 0 saturated carbocycles. The lowest BCUT2D eigenvalue weighted by atomic mass is 10.0. The topological polar surface area (TPSA) is 44.8 Å². The number of ether oxygens (including phenoxy) is 3. The third-order valence-corrected chi connectivity index (χ3v) is 6.00. The first-order chi connectivity index (χ1) is 17.1. The van der Waals surface area contributed by atoms with Crippen molar-refractivity contribution >= 4 is 5.97 Å². The molecular weight excluding hydrogens is 436 g/mol. The Bertz CT molecular complexity index is 1010. The SMILES string of the molecule is CCCCCCOc1ccc(-c2ccc(C(=O)Oc3ccc(C(C)OCCCC)cc3)cc2)cc1. The molecule has 35 heavy (non-hydrogen) atoms. The standard InChI is InChI=1S/C31H38O4/c1-4-6-8-9-23-34-29-18-16-27(17-19-29)26-10-12-28(13-11-26)31(32)35-30-20-14-25(15-21-30)24(3)33-22-7-5-2/h10-21,24H,4-9,22-23H2,1-3H3. The molecule has 3 rings (SSSR count). The van der Waals surface area contributed by atoms with Crippen LogP contribution in [0.5, 0.6) is 11.5 Å². The molecular formula is C31H38O4. The summed E-state index contributed by atoms with van der Waals surface area (Å²) in [5.74, 6) is 1.04. The molecule has 0 radical (unpaired) electrons. The van der Waals surface area contributed by atoms with Crippen LogP contribution in [0, 0.1) is 0 Å². The number of unbranched alkanes of at least 4 members (excludes halogenated alkanes) is 4. The number of hydrogen-bond acceptors (Lipinski definition) is 4. The zero-order valence-corrected chi connectivity index (χ0v) is 21.3. The molecule has 0 amide bonds. The van der Waals surface area contributed by atoms with Gasteiger partial charge in [-0.15, -0.1) is 0 Å². The molecule has 0 aromatic heterocycles. The van der Waals surface area contributed by atoms with Crippen LogP contribution in [0.1, 0.15) is 81.3 Å². The fourth-order valence-electron chi connectivity index (χ4n) is 3.73. The highest BCUT2D eigenvalue weighted by Gasteiger charge is 2.11. The summed E-state index contributed by atoms with van der Waals surface area (Å²) >= 11 is 0. The van der Waals surface area contributed by atoms with Gasteiger partial charge in [-0.05, 0) is 72.9 Å². The Labute approximate surface area is 210 Å². The molecule has 3 aromatic rings. The van der Waals surface area contributed by atoms with Crippen molar-refractivity contribution in [3.63, 3.8) is 0 Å². The van der Waals surface area contributed by atoms with Gasteiger partial charge in [-0.25, -0.2) is 4.79 Å². The molecule has 0 aliphatic carbocycles. The molecule has 0 bridgehead atoms. The quantitative estimate of drug-likeness (QED) is 0.134. The summed E-state index contributed by atoms with van der Waals surface area (Å²) in [6.07, 6.45) is 6.97. The number of rotatable bonds is 14. The lowest BCUT2D eigenvalue weighted by Gasteiger charge is -2.13. The van der Waals surface area contributed by atoms with E-state index in [1.165, 1.54) is 19.3 Å². The van der Waals surface area contributed by atoms with Crippen molar-refractivity contribution in [2.45, 2.75) is 65.4 Å². The van der Waals surface area contributed by atoms with Crippen molar-refractivity contribution in [3.05, 3.63) is 83.9 Å². The minimum atomic E-state index is -0.372. The van der Waals surface area contributed by atoms with Gasteiger partial charge in [-0.1, -0.05) is 75.9 Å². The van der Waals surface area contributed by atoms with Crippen LogP contribution in [0.2, 0.25) is 0 Å². The van der Waals surface area contributed by atoms with Crippen LogP contribution >= 0.6 is 0 Å². The van der Waals surface area contributed by atoms with Crippen LogP contribution in [-0.2, 0) is 4.74 Å². The second-order valence-electron chi connectivity index (χ2n) is 8.84. The summed E-state index contributed by atoms with van der Waals surface area (Å²) in [4.78, 5) is 12.6. The van der Waals surface area contributed by atoms with E-state index in [1.807, 2.05) is 67.6 Å². The van der Waals surface area contributed by atoms with Gasteiger partial charge in [0.25, 0.3) is 0 Å². The second kappa shape index (κ2) is 14.3. The zero-order valence-electron chi connectivity index (χ0n) is 21.3. The van der Waals surface area contributed by atoms with Gasteiger partial charge >= 0.3 is 5.97 Å². The summed E-state index contributed by atoms with van der Waals surface area (Å²) in [5, 5.41) is 0. The smallest absolute Gasteiger partial charge is 0.343 e. The number of benzene rings is 3. The Kier molecular flexibility index (Phi) is 10.8. The molecule has 4 heteroatoms. The minimum absolute atomic E-state index is 0.0188. The van der Waals surface area contributed by atoms with Crippen LogP contribution in [0.4, 0.5) is 0 Å². The molecule has 0 aliphatic rings. The normalized spacial score (nSPS) is 11.7. The molecule has 0 heterocycles. The van der Waals surface area contributed by atoms with Crippen molar-refractivity contribution in [2.75, 3.05) is 13.2 Å². The molecule has 0 spiro atoms. The average Bonchev–Trinajstić information content (AvgIpc) is 2.89. The highest BCUT2D eigenvalue weighted by molar-refractivity contribution is 5.91. The van der Waals surface area contributed by atoms with E-state index in [0.29, 0.717) is 11.3 Å². The van der Waals surface area contributed by atoms with Crippen LogP contribution in [0.25, 0.3) is 11.1 Å². The Balaban J connectivity index is 1.51. The van der Waals surface area contributed by atoms with Gasteiger partial charge in [0.2, 0.25) is 0 Å². The third kappa shape index (κ3) is 8.56. The first kappa shape index (κ1) is 26.5. The molecule has 0 fully saturated rings. The number of carbonyl (C=O) groups excluding carboxylic acids is 1. The lowest BCUT2D eigenvalue weighted by molar-refractivity contribution is 0.0636. The monoisotopic (exact) mass is 474 g/mol. The van der Waals surface area contributed by atoms with Gasteiger partial charge in [0, 0.05) is 6.61 Å². The van der Waals surface area contributed by atoms with Crippen molar-refractivity contribution in [1.82, 2.24) is 0 Å². The Hall–Kier alpha value is -3.11. The van der Waals surface area contributed by atoms with Crippen molar-refractivity contribution in [2.24, 2.45) is 0 Å². The van der Waals surface area contributed by atoms with E-state index in [4.69, 9.17) is 14.2 Å². The summed E-state index contributed by atoms with van der Waals surface area (Å²) in [7, 11) is 0. The summed E-state index contributed by atoms with van der Waals surface area (Å²) in [6.45, 7) is 7.90. The molecule has 3 aromatic carbocycles. The van der Waals surface area contributed by atoms with Gasteiger partial charge in [0.05, 0.1) is 18.3 Å². The van der Waals surface area contributed by atoms with Crippen molar-refractivity contribution in [1.29, 1.82) is 0 Å². The predicted octanol–water partition coefficient (Wildman–Crippen LogP) is 8.41. The van der Waals surface area contributed by atoms with Gasteiger partial charge in [0.1, 0.15) is 11.5 Å². The van der Waals surface area contributed by atoms with Gasteiger partial charge in [-0.2, -0.15) is 0 Å². The molecule has 1 unspecified atom stereocenters. The Morgan fingerprint density at radius 2 is 1.29 bits per heavy atom. The molecule has 186 valence electrons. The predicted molar refractivity (Wildman–Crippen MR) is 142 cm³/mol. The Morgan fingerprint density at radius 3 is 1.91 bits per heavy atom. The summed E-state index contributed by atoms with van der Waals surface area (Å²) in [5.41, 5.74) is 3.70. The molecule has 0 saturated heterocycles. The highest BCUT2D eigenvalue weighted by Crippen LogP contribution is 2.24. The van der Waals surface area contributed by atoms with E-state index in [0.717, 1.165) is 54.9 Å². The molecule has 4 nitrogen and oxygen atoms in total. The first-order valence-electron chi connectivity index (χ1n) is 12.9. The third-order valence-electron chi connectivity index (χ3n) is 6.00.